The molecule has 1 aromatic rings. The third-order valence-electron chi connectivity index (χ3n) is 1.46. The maximum atomic E-state index is 10.6. The predicted octanol–water partition coefficient (Wildman–Crippen LogP) is -1.05. The average Bonchev–Trinajstić information content (AvgIpc) is 2.17. The minimum atomic E-state index is -5.19. The molecule has 0 unspecified atom stereocenters. The highest BCUT2D eigenvalue weighted by Gasteiger charge is 2.28. The maximum absolute atomic E-state index is 10.6. The number of hydrogen-bond donors (Lipinski definition) is 2. The zero-order valence-corrected chi connectivity index (χ0v) is 8.45. The van der Waals surface area contributed by atoms with Crippen molar-refractivity contribution in [3.05, 3.63) is 29.8 Å². The number of benzene rings is 1. The fraction of sp³-hybridized carbons (Fsp3) is 0.111. The van der Waals surface area contributed by atoms with Crippen LogP contribution in [0.25, 0.3) is 0 Å². The van der Waals surface area contributed by atoms with Gasteiger partial charge in [-0.2, -0.15) is 13.2 Å². The zero-order valence-electron chi connectivity index (χ0n) is 8.45. The highest BCUT2D eigenvalue weighted by atomic mass is 19.4. The molecule has 1 aromatic carbocycles. The number of carboxylic acid groups (broad SMARTS) is 1. The highest BCUT2D eigenvalue weighted by molar-refractivity contribution is 5.86. The molecule has 0 aromatic heterocycles. The first-order valence-corrected chi connectivity index (χ1v) is 4.14. The van der Waals surface area contributed by atoms with E-state index < -0.39 is 12.1 Å². The number of nitrogens with two attached hydrogens (primary N) is 1. The molecule has 94 valence electrons. The molecule has 0 bridgehead atoms. The Morgan fingerprint density at radius 1 is 1.18 bits per heavy atom. The first-order chi connectivity index (χ1) is 7.64. The summed E-state index contributed by atoms with van der Waals surface area (Å²) >= 11 is 0. The van der Waals surface area contributed by atoms with Gasteiger partial charge in [0.2, 0.25) is 0 Å². The summed E-state index contributed by atoms with van der Waals surface area (Å²) in [5.41, 5.74) is 9.90. The fourth-order valence-electron chi connectivity index (χ4n) is 0.669. The largest absolute Gasteiger partial charge is 0.542 e. The molecule has 0 saturated carbocycles. The van der Waals surface area contributed by atoms with Gasteiger partial charge in [-0.1, -0.05) is 0 Å². The lowest BCUT2D eigenvalue weighted by molar-refractivity contribution is -0.344. The average molecular weight is 250 g/mol. The Morgan fingerprint density at radius 2 is 1.53 bits per heavy atom. The predicted molar refractivity (Wildman–Crippen MR) is 49.1 cm³/mol. The van der Waals surface area contributed by atoms with Crippen LogP contribution in [0.5, 0.6) is 0 Å². The number of nitrogen functional groups attached to an aromatic ring is 1. The van der Waals surface area contributed by atoms with Crippen LogP contribution >= 0.6 is 0 Å². The van der Waals surface area contributed by atoms with E-state index in [-0.39, 0.29) is 5.91 Å². The molecule has 1 rings (SSSR count). The Kier molecular flexibility index (Phi) is 5.13. The molecule has 5 N–H and O–H groups in total. The van der Waals surface area contributed by atoms with Gasteiger partial charge in [-0.05, 0) is 24.3 Å². The Morgan fingerprint density at radius 3 is 1.76 bits per heavy atom. The minimum Gasteiger partial charge on any atom is -0.542 e. The number of hydrogen-bond acceptors (Lipinski definition) is 4. The molecule has 0 heterocycles. The third kappa shape index (κ3) is 6.15. The number of carboxylic acids is 1. The smallest absolute Gasteiger partial charge is 0.430 e. The molecule has 17 heavy (non-hydrogen) atoms. The summed E-state index contributed by atoms with van der Waals surface area (Å²) in [6, 6.07) is 6.67. The molecular formula is C9H9F3N2O3. The first kappa shape index (κ1) is 14.9. The van der Waals surface area contributed by atoms with E-state index in [1.165, 1.54) is 0 Å². The van der Waals surface area contributed by atoms with Gasteiger partial charge in [-0.3, -0.25) is 5.73 Å². The van der Waals surface area contributed by atoms with Crippen LogP contribution in [0.15, 0.2) is 24.3 Å². The number of carbonyl (C=O) groups excluding carboxylic acids is 2. The third-order valence-corrected chi connectivity index (χ3v) is 1.46. The molecule has 0 radical (unpaired) electrons. The highest BCUT2D eigenvalue weighted by Crippen LogP contribution is 2.11. The van der Waals surface area contributed by atoms with E-state index in [1.54, 1.807) is 24.3 Å². The lowest BCUT2D eigenvalue weighted by Gasteiger charge is -2.03. The van der Waals surface area contributed by atoms with Crippen LogP contribution in [0.1, 0.15) is 10.4 Å². The van der Waals surface area contributed by atoms with Crippen molar-refractivity contribution < 1.29 is 33.6 Å². The number of halogens is 3. The van der Waals surface area contributed by atoms with Crippen LogP contribution in [0.4, 0.5) is 18.9 Å². The second kappa shape index (κ2) is 5.85. The monoisotopic (exact) mass is 250 g/mol. The Labute approximate surface area is 93.8 Å². The van der Waals surface area contributed by atoms with Gasteiger partial charge in [0.15, 0.2) is 0 Å². The van der Waals surface area contributed by atoms with E-state index in [2.05, 4.69) is 5.73 Å². The summed E-state index contributed by atoms with van der Waals surface area (Å²) in [5.74, 6) is -3.19. The molecule has 1 amide bonds. The molecule has 0 aliphatic rings. The van der Waals surface area contributed by atoms with Crippen molar-refractivity contribution in [3.63, 3.8) is 0 Å². The van der Waals surface area contributed by atoms with Crippen molar-refractivity contribution >= 4 is 17.6 Å². The van der Waals surface area contributed by atoms with Crippen molar-refractivity contribution in [2.45, 2.75) is 6.18 Å². The number of quaternary nitrogens is 1. The number of carbonyl (C=O) groups is 2. The normalized spacial score (nSPS) is 10.1. The Balaban J connectivity index is 0.000000325. The number of amides is 1. The number of rotatable bonds is 1. The van der Waals surface area contributed by atoms with Gasteiger partial charge < -0.3 is 15.6 Å². The van der Waals surface area contributed by atoms with Crippen LogP contribution in [-0.4, -0.2) is 18.1 Å². The maximum Gasteiger partial charge on any atom is 0.430 e. The van der Waals surface area contributed by atoms with E-state index in [0.717, 1.165) is 0 Å². The number of alkyl halides is 3. The van der Waals surface area contributed by atoms with Gasteiger partial charge in [-0.25, -0.2) is 4.79 Å². The van der Waals surface area contributed by atoms with Crippen LogP contribution in [0, 0.1) is 0 Å². The summed E-state index contributed by atoms with van der Waals surface area (Å²) in [6.07, 6.45) is -5.19. The van der Waals surface area contributed by atoms with Crippen LogP contribution in [0.3, 0.4) is 0 Å². The zero-order chi connectivity index (χ0) is 13.6. The van der Waals surface area contributed by atoms with E-state index in [9.17, 15) is 18.0 Å². The van der Waals surface area contributed by atoms with Crippen molar-refractivity contribution in [1.82, 2.24) is 0 Å². The summed E-state index contributed by atoms with van der Waals surface area (Å²) < 4.78 is 31.5. The SMILES string of the molecule is Nc1ccc(C([NH3+])=O)cc1.O=C([O-])C(F)(F)F. The van der Waals surface area contributed by atoms with Gasteiger partial charge in [0.1, 0.15) is 5.97 Å². The van der Waals surface area contributed by atoms with Crippen molar-refractivity contribution in [2.24, 2.45) is 0 Å². The van der Waals surface area contributed by atoms with E-state index in [0.29, 0.717) is 11.3 Å². The quantitative estimate of drug-likeness (QED) is 0.619. The molecule has 8 heteroatoms. The topological polar surface area (TPSA) is 111 Å². The summed E-state index contributed by atoms with van der Waals surface area (Å²) in [7, 11) is 0. The molecule has 0 atom stereocenters. The summed E-state index contributed by atoms with van der Waals surface area (Å²) in [6.45, 7) is 0. The molecule has 5 nitrogen and oxygen atoms in total. The summed E-state index contributed by atoms with van der Waals surface area (Å²) in [4.78, 5) is 19.4. The van der Waals surface area contributed by atoms with Crippen molar-refractivity contribution in [2.75, 3.05) is 5.73 Å². The molecule has 0 spiro atoms. The standard InChI is InChI=1S/C7H8N2O.C2HF3O2/c8-6-3-1-5(2-4-6)7(9)10;3-2(4,5)1(6)7/h1-4H,8H2,(H2,9,10);(H,6,7). The number of anilines is 1. The van der Waals surface area contributed by atoms with E-state index >= 15 is 0 Å². The van der Waals surface area contributed by atoms with Gasteiger partial charge >= 0.3 is 12.1 Å². The Hall–Kier alpha value is -2.09. The van der Waals surface area contributed by atoms with Crippen LogP contribution in [0.2, 0.25) is 0 Å². The molecular weight excluding hydrogens is 241 g/mol. The molecule has 0 saturated heterocycles. The second-order valence-electron chi connectivity index (χ2n) is 2.83. The van der Waals surface area contributed by atoms with Gasteiger partial charge in [0.05, 0.1) is 5.56 Å². The van der Waals surface area contributed by atoms with E-state index in [1.807, 2.05) is 0 Å². The second-order valence-corrected chi connectivity index (χ2v) is 2.83. The van der Waals surface area contributed by atoms with Crippen LogP contribution < -0.4 is 16.6 Å². The lowest BCUT2D eigenvalue weighted by atomic mass is 10.2. The molecule has 0 aliphatic carbocycles. The molecule has 0 fully saturated rings. The first-order valence-electron chi connectivity index (χ1n) is 4.14. The van der Waals surface area contributed by atoms with E-state index in [4.69, 9.17) is 15.6 Å². The van der Waals surface area contributed by atoms with Gasteiger partial charge in [0, 0.05) is 5.69 Å². The van der Waals surface area contributed by atoms with Gasteiger partial charge in [-0.15, -0.1) is 0 Å². The Bertz CT molecular complexity index is 401. The minimum absolute atomic E-state index is 0.181. The van der Waals surface area contributed by atoms with Crippen molar-refractivity contribution in [3.8, 4) is 0 Å². The fourth-order valence-corrected chi connectivity index (χ4v) is 0.669. The van der Waals surface area contributed by atoms with Crippen LogP contribution in [-0.2, 0) is 4.79 Å². The summed E-state index contributed by atoms with van der Waals surface area (Å²) in [5, 5.41) is 8.78. The lowest BCUT2D eigenvalue weighted by Crippen LogP contribution is -2.56. The molecule has 0 aliphatic heterocycles. The number of aliphatic carboxylic acids is 1. The van der Waals surface area contributed by atoms with Gasteiger partial charge in [0.25, 0.3) is 0 Å². The van der Waals surface area contributed by atoms with Crippen molar-refractivity contribution in [1.29, 1.82) is 0 Å².